The molecule has 25 heavy (non-hydrogen) atoms. The summed E-state index contributed by atoms with van der Waals surface area (Å²) >= 11 is 0. The van der Waals surface area contributed by atoms with E-state index < -0.39 is 0 Å². The van der Waals surface area contributed by atoms with Crippen LogP contribution in [0, 0.1) is 18.3 Å². The topological polar surface area (TPSA) is 73.6 Å². The molecule has 1 aromatic heterocycles. The summed E-state index contributed by atoms with van der Waals surface area (Å²) in [7, 11) is 0. The molecule has 0 fully saturated rings. The number of hydrogen-bond donors (Lipinski definition) is 2. The molecule has 1 heterocycles. The molecule has 2 N–H and O–H groups in total. The molecule has 0 aliphatic carbocycles. The van der Waals surface area contributed by atoms with E-state index in [0.29, 0.717) is 17.2 Å². The second kappa shape index (κ2) is 7.93. The Kier molecular flexibility index (Phi) is 5.22. The van der Waals surface area contributed by atoms with Crippen LogP contribution in [0.15, 0.2) is 60.7 Å². The molecule has 0 saturated heterocycles. The number of nitriles is 1. The van der Waals surface area contributed by atoms with Crippen molar-refractivity contribution in [3.8, 4) is 6.07 Å². The average Bonchev–Trinajstić information content (AvgIpc) is 2.63. The van der Waals surface area contributed by atoms with Gasteiger partial charge in [0, 0.05) is 18.3 Å². The van der Waals surface area contributed by atoms with Crippen LogP contribution in [0.5, 0.6) is 0 Å². The largest absolute Gasteiger partial charge is 0.370 e. The van der Waals surface area contributed by atoms with Crippen molar-refractivity contribution in [2.75, 3.05) is 17.2 Å². The number of aromatic nitrogens is 2. The quantitative estimate of drug-likeness (QED) is 0.713. The second-order valence-corrected chi connectivity index (χ2v) is 5.66. The van der Waals surface area contributed by atoms with Gasteiger partial charge in [0.25, 0.3) is 0 Å². The van der Waals surface area contributed by atoms with Gasteiger partial charge in [0.05, 0.1) is 11.3 Å². The van der Waals surface area contributed by atoms with Crippen LogP contribution in [0.25, 0.3) is 0 Å². The van der Waals surface area contributed by atoms with Gasteiger partial charge in [-0.2, -0.15) is 10.2 Å². The van der Waals surface area contributed by atoms with Gasteiger partial charge >= 0.3 is 0 Å². The summed E-state index contributed by atoms with van der Waals surface area (Å²) in [6.07, 6.45) is 0.921. The Morgan fingerprint density at radius 1 is 1.00 bits per heavy atom. The highest BCUT2D eigenvalue weighted by atomic mass is 15.1. The molecule has 2 aromatic carbocycles. The van der Waals surface area contributed by atoms with Crippen LogP contribution in [0.3, 0.4) is 0 Å². The number of para-hydroxylation sites is 1. The van der Waals surface area contributed by atoms with Gasteiger partial charge in [-0.25, -0.2) is 4.98 Å². The lowest BCUT2D eigenvalue weighted by Gasteiger charge is -2.11. The first-order valence-corrected chi connectivity index (χ1v) is 8.14. The lowest BCUT2D eigenvalue weighted by atomic mass is 10.1. The third-order valence-electron chi connectivity index (χ3n) is 3.71. The highest BCUT2D eigenvalue weighted by Crippen LogP contribution is 2.19. The summed E-state index contributed by atoms with van der Waals surface area (Å²) in [5, 5.41) is 15.6. The fourth-order valence-corrected chi connectivity index (χ4v) is 2.50. The monoisotopic (exact) mass is 329 g/mol. The second-order valence-electron chi connectivity index (χ2n) is 5.66. The van der Waals surface area contributed by atoms with Crippen LogP contribution in [-0.4, -0.2) is 16.5 Å². The maximum atomic E-state index is 9.19. The number of anilines is 3. The van der Waals surface area contributed by atoms with Gasteiger partial charge in [-0.3, -0.25) is 0 Å². The molecule has 3 aromatic rings. The summed E-state index contributed by atoms with van der Waals surface area (Å²) in [5.74, 6) is 1.24. The van der Waals surface area contributed by atoms with Crippen molar-refractivity contribution in [1.29, 1.82) is 5.26 Å². The molecule has 0 radical (unpaired) electrons. The maximum absolute atomic E-state index is 9.19. The molecule has 0 spiro atoms. The molecule has 0 amide bonds. The highest BCUT2D eigenvalue weighted by molar-refractivity contribution is 5.63. The molecule has 0 aliphatic rings. The summed E-state index contributed by atoms with van der Waals surface area (Å²) in [6, 6.07) is 21.7. The van der Waals surface area contributed by atoms with Crippen LogP contribution >= 0.6 is 0 Å². The van der Waals surface area contributed by atoms with E-state index in [1.165, 1.54) is 5.56 Å². The zero-order chi connectivity index (χ0) is 17.5. The number of hydrogen-bond acceptors (Lipinski definition) is 5. The third-order valence-corrected chi connectivity index (χ3v) is 3.71. The first-order chi connectivity index (χ1) is 12.2. The molecule has 0 unspecified atom stereocenters. The maximum Gasteiger partial charge on any atom is 0.229 e. The van der Waals surface area contributed by atoms with E-state index in [2.05, 4.69) is 38.8 Å². The standard InChI is InChI=1S/C20H19N5/c1-15-13-19(22-12-11-16-7-3-2-4-8-16)25-20(23-15)24-18-10-6-5-9-17(18)14-21/h2-10,13H,11-12H2,1H3,(H2,22,23,24,25). The zero-order valence-corrected chi connectivity index (χ0v) is 14.0. The molecular weight excluding hydrogens is 310 g/mol. The summed E-state index contributed by atoms with van der Waals surface area (Å²) in [5.41, 5.74) is 3.40. The van der Waals surface area contributed by atoms with Crippen molar-refractivity contribution in [2.24, 2.45) is 0 Å². The number of nitrogens with one attached hydrogen (secondary N) is 2. The van der Waals surface area contributed by atoms with Crippen LogP contribution in [0.1, 0.15) is 16.8 Å². The number of benzene rings is 2. The predicted molar refractivity (Wildman–Crippen MR) is 99.8 cm³/mol. The van der Waals surface area contributed by atoms with Crippen LogP contribution < -0.4 is 10.6 Å². The molecule has 0 bridgehead atoms. The normalized spacial score (nSPS) is 10.1. The zero-order valence-electron chi connectivity index (χ0n) is 14.0. The van der Waals surface area contributed by atoms with E-state index in [-0.39, 0.29) is 0 Å². The van der Waals surface area contributed by atoms with Crippen LogP contribution in [0.4, 0.5) is 17.5 Å². The SMILES string of the molecule is Cc1cc(NCCc2ccccc2)nc(Nc2ccccc2C#N)n1. The van der Waals surface area contributed by atoms with Crippen molar-refractivity contribution in [3.05, 3.63) is 77.5 Å². The molecule has 0 atom stereocenters. The average molecular weight is 329 g/mol. The van der Waals surface area contributed by atoms with Crippen LogP contribution in [-0.2, 0) is 6.42 Å². The van der Waals surface area contributed by atoms with Gasteiger partial charge < -0.3 is 10.6 Å². The van der Waals surface area contributed by atoms with Crippen molar-refractivity contribution < 1.29 is 0 Å². The lowest BCUT2D eigenvalue weighted by Crippen LogP contribution is -2.09. The Labute approximate surface area is 147 Å². The van der Waals surface area contributed by atoms with E-state index in [1.54, 1.807) is 6.07 Å². The van der Waals surface area contributed by atoms with Crippen molar-refractivity contribution in [2.45, 2.75) is 13.3 Å². The number of nitrogens with zero attached hydrogens (tertiary/aromatic N) is 3. The van der Waals surface area contributed by atoms with Gasteiger partial charge in [0.1, 0.15) is 11.9 Å². The Bertz CT molecular complexity index is 884. The minimum Gasteiger partial charge on any atom is -0.370 e. The Morgan fingerprint density at radius 3 is 2.56 bits per heavy atom. The van der Waals surface area contributed by atoms with Crippen molar-refractivity contribution in [1.82, 2.24) is 9.97 Å². The number of aryl methyl sites for hydroxylation is 1. The molecule has 124 valence electrons. The fourth-order valence-electron chi connectivity index (χ4n) is 2.50. The van der Waals surface area contributed by atoms with Gasteiger partial charge in [-0.1, -0.05) is 42.5 Å². The van der Waals surface area contributed by atoms with E-state index in [9.17, 15) is 5.26 Å². The Hall–Kier alpha value is -3.39. The van der Waals surface area contributed by atoms with E-state index in [1.807, 2.05) is 49.4 Å². The number of rotatable bonds is 6. The minimum atomic E-state index is 0.477. The molecular formula is C20H19N5. The predicted octanol–water partition coefficient (Wildman–Crippen LogP) is 4.05. The fraction of sp³-hybridized carbons (Fsp3) is 0.150. The Morgan fingerprint density at radius 2 is 1.76 bits per heavy atom. The minimum absolute atomic E-state index is 0.477. The summed E-state index contributed by atoms with van der Waals surface area (Å²) < 4.78 is 0. The molecule has 0 aliphatic heterocycles. The third kappa shape index (κ3) is 4.55. The Balaban J connectivity index is 1.69. The molecule has 0 saturated carbocycles. The van der Waals surface area contributed by atoms with Crippen LogP contribution in [0.2, 0.25) is 0 Å². The van der Waals surface area contributed by atoms with Crippen molar-refractivity contribution in [3.63, 3.8) is 0 Å². The van der Waals surface area contributed by atoms with E-state index >= 15 is 0 Å². The highest BCUT2D eigenvalue weighted by Gasteiger charge is 2.06. The summed E-state index contributed by atoms with van der Waals surface area (Å²) in [6.45, 7) is 2.71. The van der Waals surface area contributed by atoms with E-state index in [4.69, 9.17) is 0 Å². The van der Waals surface area contributed by atoms with Gasteiger partial charge in [-0.05, 0) is 31.0 Å². The molecule has 3 rings (SSSR count). The lowest BCUT2D eigenvalue weighted by molar-refractivity contribution is 0.995. The smallest absolute Gasteiger partial charge is 0.229 e. The molecule has 5 heteroatoms. The van der Waals surface area contributed by atoms with Gasteiger partial charge in [0.15, 0.2) is 0 Å². The molecule has 5 nitrogen and oxygen atoms in total. The first-order valence-electron chi connectivity index (χ1n) is 8.14. The van der Waals surface area contributed by atoms with Crippen molar-refractivity contribution >= 4 is 17.5 Å². The van der Waals surface area contributed by atoms with E-state index in [0.717, 1.165) is 24.5 Å². The summed E-state index contributed by atoms with van der Waals surface area (Å²) in [4.78, 5) is 8.89. The van der Waals surface area contributed by atoms with Gasteiger partial charge in [0.2, 0.25) is 5.95 Å². The van der Waals surface area contributed by atoms with Gasteiger partial charge in [-0.15, -0.1) is 0 Å². The first kappa shape index (κ1) is 16.5.